The van der Waals surface area contributed by atoms with Gasteiger partial charge in [0.2, 0.25) is 0 Å². The summed E-state index contributed by atoms with van der Waals surface area (Å²) in [5, 5.41) is 0. The van der Waals surface area contributed by atoms with Crippen molar-refractivity contribution < 1.29 is 23.7 Å². The van der Waals surface area contributed by atoms with E-state index in [4.69, 9.17) is 18.9 Å². The predicted molar refractivity (Wildman–Crippen MR) is 57.5 cm³/mol. The summed E-state index contributed by atoms with van der Waals surface area (Å²) in [6, 6.07) is 0. The number of hydrogen-bond donors (Lipinski definition) is 0. The van der Waals surface area contributed by atoms with Crippen molar-refractivity contribution >= 4 is 5.78 Å². The van der Waals surface area contributed by atoms with Gasteiger partial charge in [-0.2, -0.15) is 0 Å². The molecule has 1 saturated carbocycles. The molecule has 5 nitrogen and oxygen atoms in total. The molecule has 1 aliphatic carbocycles. The third kappa shape index (κ3) is 4.17. The number of hydrogen-bond acceptors (Lipinski definition) is 5. The van der Waals surface area contributed by atoms with Crippen LogP contribution in [0.25, 0.3) is 0 Å². The van der Waals surface area contributed by atoms with E-state index < -0.39 is 0 Å². The highest BCUT2D eigenvalue weighted by Gasteiger charge is 2.40. The van der Waals surface area contributed by atoms with Crippen LogP contribution < -0.4 is 0 Å². The summed E-state index contributed by atoms with van der Waals surface area (Å²) in [5.74, 6) is 0.119. The molecule has 0 aromatic heterocycles. The summed E-state index contributed by atoms with van der Waals surface area (Å²) < 4.78 is 20.7. The largest absolute Gasteiger partial charge is 0.385 e. The van der Waals surface area contributed by atoms with Crippen LogP contribution in [-0.2, 0) is 23.7 Å². The van der Waals surface area contributed by atoms with E-state index >= 15 is 0 Å². The molecule has 0 aromatic carbocycles. The quantitative estimate of drug-likeness (QED) is 0.539. The van der Waals surface area contributed by atoms with Gasteiger partial charge >= 0.3 is 0 Å². The third-order valence-electron chi connectivity index (χ3n) is 2.51. The van der Waals surface area contributed by atoms with Crippen LogP contribution in [0.4, 0.5) is 0 Å². The molecular formula is C11H20O5. The lowest BCUT2D eigenvalue weighted by molar-refractivity contribution is -0.163. The second-order valence-corrected chi connectivity index (χ2v) is 3.69. The van der Waals surface area contributed by atoms with E-state index in [9.17, 15) is 4.79 Å². The Balaban J connectivity index is 1.90. The molecule has 0 bridgehead atoms. The minimum absolute atomic E-state index is 0.0833. The standard InChI is InChI=1S/C11H20O5/c1-13-4-3-5-15-6-7-16-10-8-9(12)11(10)14-2/h10-11H,3-8H2,1-2H3. The van der Waals surface area contributed by atoms with Crippen LogP contribution in [0.1, 0.15) is 12.8 Å². The average Bonchev–Trinajstić information content (AvgIpc) is 2.26. The zero-order valence-corrected chi connectivity index (χ0v) is 9.94. The van der Waals surface area contributed by atoms with Crippen molar-refractivity contribution in [2.24, 2.45) is 0 Å². The van der Waals surface area contributed by atoms with Crippen molar-refractivity contribution in [3.8, 4) is 0 Å². The van der Waals surface area contributed by atoms with Gasteiger partial charge in [0, 0.05) is 33.9 Å². The molecule has 0 radical (unpaired) electrons. The van der Waals surface area contributed by atoms with Gasteiger partial charge < -0.3 is 18.9 Å². The Morgan fingerprint density at radius 1 is 1.19 bits per heavy atom. The number of ketones is 1. The van der Waals surface area contributed by atoms with Gasteiger partial charge in [-0.25, -0.2) is 0 Å². The van der Waals surface area contributed by atoms with Crippen molar-refractivity contribution in [2.75, 3.05) is 40.6 Å². The van der Waals surface area contributed by atoms with Gasteiger partial charge in [-0.15, -0.1) is 0 Å². The van der Waals surface area contributed by atoms with E-state index in [1.54, 1.807) is 7.11 Å². The van der Waals surface area contributed by atoms with Crippen LogP contribution in [0, 0.1) is 0 Å². The number of ether oxygens (including phenoxy) is 4. The van der Waals surface area contributed by atoms with Gasteiger partial charge in [-0.1, -0.05) is 0 Å². The fraction of sp³-hybridized carbons (Fsp3) is 0.909. The number of carbonyl (C=O) groups is 1. The molecule has 16 heavy (non-hydrogen) atoms. The first-order valence-electron chi connectivity index (χ1n) is 5.53. The molecular weight excluding hydrogens is 212 g/mol. The molecule has 0 heterocycles. The lowest BCUT2D eigenvalue weighted by Gasteiger charge is -2.33. The van der Waals surface area contributed by atoms with Gasteiger partial charge in [0.1, 0.15) is 6.10 Å². The van der Waals surface area contributed by atoms with Crippen molar-refractivity contribution in [3.63, 3.8) is 0 Å². The van der Waals surface area contributed by atoms with Crippen LogP contribution in [0.3, 0.4) is 0 Å². The third-order valence-corrected chi connectivity index (χ3v) is 2.51. The fourth-order valence-electron chi connectivity index (χ4n) is 1.56. The van der Waals surface area contributed by atoms with E-state index in [0.29, 0.717) is 32.8 Å². The maximum atomic E-state index is 11.0. The fourth-order valence-corrected chi connectivity index (χ4v) is 1.56. The number of methoxy groups -OCH3 is 2. The lowest BCUT2D eigenvalue weighted by Crippen LogP contribution is -2.50. The van der Waals surface area contributed by atoms with Crippen LogP contribution >= 0.6 is 0 Å². The summed E-state index contributed by atoms with van der Waals surface area (Å²) >= 11 is 0. The molecule has 0 spiro atoms. The first-order valence-corrected chi connectivity index (χ1v) is 5.53. The number of Topliss-reactive ketones (excluding diaryl/α,β-unsaturated/α-hetero) is 1. The van der Waals surface area contributed by atoms with E-state index in [0.717, 1.165) is 6.42 Å². The summed E-state index contributed by atoms with van der Waals surface area (Å²) in [6.45, 7) is 2.44. The van der Waals surface area contributed by atoms with Crippen molar-refractivity contribution in [1.29, 1.82) is 0 Å². The maximum Gasteiger partial charge on any atom is 0.166 e. The molecule has 0 N–H and O–H groups in total. The maximum absolute atomic E-state index is 11.0. The molecule has 5 heteroatoms. The number of rotatable bonds is 9. The van der Waals surface area contributed by atoms with E-state index in [-0.39, 0.29) is 18.0 Å². The zero-order valence-electron chi connectivity index (χ0n) is 9.94. The molecule has 2 atom stereocenters. The monoisotopic (exact) mass is 232 g/mol. The predicted octanol–water partition coefficient (Wildman–Crippen LogP) is 0.412. The van der Waals surface area contributed by atoms with Crippen LogP contribution in [0.5, 0.6) is 0 Å². The Bertz CT molecular complexity index is 207. The molecule has 1 fully saturated rings. The SMILES string of the molecule is COCCCOCCOC1CC(=O)C1OC. The van der Waals surface area contributed by atoms with Gasteiger partial charge in [0.15, 0.2) is 5.78 Å². The van der Waals surface area contributed by atoms with Gasteiger partial charge in [-0.05, 0) is 6.42 Å². The van der Waals surface area contributed by atoms with Crippen LogP contribution in [0.2, 0.25) is 0 Å². The average molecular weight is 232 g/mol. The Morgan fingerprint density at radius 3 is 2.62 bits per heavy atom. The molecule has 0 aromatic rings. The highest BCUT2D eigenvalue weighted by Crippen LogP contribution is 2.21. The molecule has 2 unspecified atom stereocenters. The Kier molecular flexibility index (Phi) is 6.56. The zero-order chi connectivity index (χ0) is 11.8. The topological polar surface area (TPSA) is 54.0 Å². The van der Waals surface area contributed by atoms with Gasteiger partial charge in [0.05, 0.1) is 19.3 Å². The second-order valence-electron chi connectivity index (χ2n) is 3.69. The normalized spacial score (nSPS) is 24.5. The molecule has 1 aliphatic rings. The van der Waals surface area contributed by atoms with Crippen molar-refractivity contribution in [2.45, 2.75) is 25.0 Å². The highest BCUT2D eigenvalue weighted by atomic mass is 16.6. The van der Waals surface area contributed by atoms with Crippen LogP contribution in [0.15, 0.2) is 0 Å². The lowest BCUT2D eigenvalue weighted by atomic mass is 9.90. The molecule has 0 amide bonds. The Labute approximate surface area is 96.0 Å². The Hall–Kier alpha value is -0.490. The molecule has 94 valence electrons. The van der Waals surface area contributed by atoms with E-state index in [2.05, 4.69) is 0 Å². The van der Waals surface area contributed by atoms with Gasteiger partial charge in [0.25, 0.3) is 0 Å². The minimum Gasteiger partial charge on any atom is -0.385 e. The molecule has 0 aliphatic heterocycles. The summed E-state index contributed by atoms with van der Waals surface area (Å²) in [4.78, 5) is 11.0. The first-order chi connectivity index (χ1) is 7.79. The highest BCUT2D eigenvalue weighted by molar-refractivity contribution is 5.90. The minimum atomic E-state index is -0.367. The molecule has 0 saturated heterocycles. The Morgan fingerprint density at radius 2 is 2.00 bits per heavy atom. The first kappa shape index (κ1) is 13.6. The summed E-state index contributed by atoms with van der Waals surface area (Å²) in [5.41, 5.74) is 0. The van der Waals surface area contributed by atoms with Gasteiger partial charge in [-0.3, -0.25) is 4.79 Å². The van der Waals surface area contributed by atoms with E-state index in [1.807, 2.05) is 0 Å². The smallest absolute Gasteiger partial charge is 0.166 e. The van der Waals surface area contributed by atoms with Crippen molar-refractivity contribution in [3.05, 3.63) is 0 Å². The second kappa shape index (κ2) is 7.73. The van der Waals surface area contributed by atoms with Crippen LogP contribution in [-0.4, -0.2) is 58.6 Å². The number of carbonyl (C=O) groups excluding carboxylic acids is 1. The van der Waals surface area contributed by atoms with E-state index in [1.165, 1.54) is 7.11 Å². The summed E-state index contributed by atoms with van der Waals surface area (Å²) in [6.07, 6.45) is 0.898. The molecule has 1 rings (SSSR count). The van der Waals surface area contributed by atoms with Crippen molar-refractivity contribution in [1.82, 2.24) is 0 Å². The summed E-state index contributed by atoms with van der Waals surface area (Å²) in [7, 11) is 3.20.